The monoisotopic (exact) mass is 175 g/mol. The van der Waals surface area contributed by atoms with Gasteiger partial charge in [-0.05, 0) is 34.9 Å². The lowest BCUT2D eigenvalue weighted by Crippen LogP contribution is -2.14. The highest BCUT2D eigenvalue weighted by Crippen LogP contribution is 2.47. The molecule has 1 aliphatic rings. The van der Waals surface area contributed by atoms with Crippen LogP contribution in [0.3, 0.4) is 0 Å². The van der Waals surface area contributed by atoms with Gasteiger partial charge in [0.25, 0.3) is 0 Å². The van der Waals surface area contributed by atoms with Crippen molar-refractivity contribution in [2.75, 3.05) is 5.73 Å². The summed E-state index contributed by atoms with van der Waals surface area (Å²) in [5.41, 5.74) is 10.1. The van der Waals surface area contributed by atoms with E-state index in [9.17, 15) is 0 Å². The summed E-state index contributed by atoms with van der Waals surface area (Å²) in [4.78, 5) is 0. The fourth-order valence-corrected chi connectivity index (χ4v) is 2.26. The molecule has 1 unspecified atom stereocenters. The summed E-state index contributed by atoms with van der Waals surface area (Å²) >= 11 is 0. The maximum absolute atomic E-state index is 5.96. The molecular formula is C12H17N. The summed E-state index contributed by atoms with van der Waals surface area (Å²) in [5.74, 6) is 0.631. The Balaban J connectivity index is 2.56. The lowest BCUT2D eigenvalue weighted by Gasteiger charge is -2.23. The molecule has 0 saturated carbocycles. The fraction of sp³-hybridized carbons (Fsp3) is 0.500. The van der Waals surface area contributed by atoms with Gasteiger partial charge in [0, 0.05) is 5.69 Å². The molecule has 2 rings (SSSR count). The molecule has 0 spiro atoms. The smallest absolute Gasteiger partial charge is 0.0349 e. The molecule has 1 aromatic rings. The number of hydrogen-bond acceptors (Lipinski definition) is 1. The normalized spacial score (nSPS) is 24.4. The van der Waals surface area contributed by atoms with Crippen LogP contribution in [0.2, 0.25) is 0 Å². The molecule has 1 aliphatic carbocycles. The Hall–Kier alpha value is -0.980. The highest BCUT2D eigenvalue weighted by Gasteiger charge is 2.36. The van der Waals surface area contributed by atoms with Gasteiger partial charge in [0.05, 0.1) is 0 Å². The minimum Gasteiger partial charge on any atom is -0.398 e. The second-order valence-electron chi connectivity index (χ2n) is 4.80. The maximum atomic E-state index is 5.96. The van der Waals surface area contributed by atoms with Crippen LogP contribution in [0.1, 0.15) is 37.8 Å². The molecule has 0 aromatic heterocycles. The van der Waals surface area contributed by atoms with Crippen LogP contribution >= 0.6 is 0 Å². The number of hydrogen-bond donors (Lipinski definition) is 1. The van der Waals surface area contributed by atoms with Crippen LogP contribution in [0.15, 0.2) is 18.2 Å². The Morgan fingerprint density at radius 2 is 2.08 bits per heavy atom. The van der Waals surface area contributed by atoms with Crippen LogP contribution in [-0.4, -0.2) is 0 Å². The van der Waals surface area contributed by atoms with Crippen molar-refractivity contribution in [2.45, 2.75) is 33.1 Å². The summed E-state index contributed by atoms with van der Waals surface area (Å²) in [7, 11) is 0. The average molecular weight is 175 g/mol. The number of fused-ring (bicyclic) bond motifs is 1. The number of nitrogen functional groups attached to an aromatic ring is 1. The fourth-order valence-electron chi connectivity index (χ4n) is 2.26. The van der Waals surface area contributed by atoms with Crippen molar-refractivity contribution in [3.63, 3.8) is 0 Å². The van der Waals surface area contributed by atoms with E-state index < -0.39 is 0 Å². The molecule has 0 saturated heterocycles. The van der Waals surface area contributed by atoms with Crippen LogP contribution in [-0.2, 0) is 6.42 Å². The van der Waals surface area contributed by atoms with Gasteiger partial charge in [0.15, 0.2) is 0 Å². The van der Waals surface area contributed by atoms with Crippen molar-refractivity contribution < 1.29 is 0 Å². The first kappa shape index (κ1) is 8.61. The topological polar surface area (TPSA) is 26.0 Å². The van der Waals surface area contributed by atoms with Gasteiger partial charge in [-0.15, -0.1) is 0 Å². The van der Waals surface area contributed by atoms with E-state index in [-0.39, 0.29) is 0 Å². The van der Waals surface area contributed by atoms with E-state index in [1.165, 1.54) is 11.1 Å². The van der Waals surface area contributed by atoms with E-state index in [1.807, 2.05) is 6.07 Å². The third kappa shape index (κ3) is 1.14. The van der Waals surface area contributed by atoms with E-state index >= 15 is 0 Å². The number of anilines is 1. The molecular weight excluding hydrogens is 158 g/mol. The van der Waals surface area contributed by atoms with Crippen molar-refractivity contribution >= 4 is 5.69 Å². The van der Waals surface area contributed by atoms with Crippen molar-refractivity contribution in [1.29, 1.82) is 0 Å². The zero-order valence-electron chi connectivity index (χ0n) is 8.59. The molecule has 0 heterocycles. The Morgan fingerprint density at radius 1 is 1.38 bits per heavy atom. The number of benzene rings is 1. The minimum absolute atomic E-state index is 0.373. The molecule has 0 bridgehead atoms. The van der Waals surface area contributed by atoms with Crippen LogP contribution < -0.4 is 5.73 Å². The first-order valence-electron chi connectivity index (χ1n) is 4.89. The van der Waals surface area contributed by atoms with Gasteiger partial charge >= 0.3 is 0 Å². The van der Waals surface area contributed by atoms with Gasteiger partial charge in [0.2, 0.25) is 0 Å². The summed E-state index contributed by atoms with van der Waals surface area (Å²) in [6.45, 7) is 6.93. The Morgan fingerprint density at radius 3 is 2.69 bits per heavy atom. The zero-order valence-corrected chi connectivity index (χ0v) is 8.59. The number of nitrogens with two attached hydrogens (primary N) is 1. The van der Waals surface area contributed by atoms with Crippen LogP contribution in [0, 0.1) is 5.41 Å². The van der Waals surface area contributed by atoms with E-state index in [0.29, 0.717) is 11.3 Å². The largest absolute Gasteiger partial charge is 0.398 e. The van der Waals surface area contributed by atoms with Crippen molar-refractivity contribution in [2.24, 2.45) is 5.41 Å². The molecule has 1 nitrogen and oxygen atoms in total. The Labute approximate surface area is 80.0 Å². The molecule has 70 valence electrons. The molecule has 1 atom stereocenters. The van der Waals surface area contributed by atoms with E-state index in [1.54, 1.807) is 0 Å². The van der Waals surface area contributed by atoms with Crippen LogP contribution in [0.5, 0.6) is 0 Å². The van der Waals surface area contributed by atoms with Gasteiger partial charge in [-0.25, -0.2) is 0 Å². The second-order valence-corrected chi connectivity index (χ2v) is 4.80. The van der Waals surface area contributed by atoms with Gasteiger partial charge in [-0.3, -0.25) is 0 Å². The Kier molecular flexibility index (Phi) is 1.66. The van der Waals surface area contributed by atoms with Gasteiger partial charge < -0.3 is 5.73 Å². The molecule has 2 N–H and O–H groups in total. The van der Waals surface area contributed by atoms with Gasteiger partial charge in [-0.2, -0.15) is 0 Å². The first-order chi connectivity index (χ1) is 6.02. The third-order valence-corrected chi connectivity index (χ3v) is 3.52. The maximum Gasteiger partial charge on any atom is 0.0349 e. The quantitative estimate of drug-likeness (QED) is 0.603. The lowest BCUT2D eigenvalue weighted by molar-refractivity contribution is 0.330. The molecule has 13 heavy (non-hydrogen) atoms. The Bertz CT molecular complexity index is 339. The molecule has 0 amide bonds. The van der Waals surface area contributed by atoms with E-state index in [0.717, 1.165) is 12.1 Å². The molecule has 0 aliphatic heterocycles. The predicted molar refractivity (Wildman–Crippen MR) is 56.8 cm³/mol. The van der Waals surface area contributed by atoms with E-state index in [4.69, 9.17) is 5.73 Å². The molecule has 0 radical (unpaired) electrons. The van der Waals surface area contributed by atoms with Gasteiger partial charge in [-0.1, -0.05) is 32.9 Å². The summed E-state index contributed by atoms with van der Waals surface area (Å²) in [6.07, 6.45) is 1.12. The standard InChI is InChI=1S/C12H17N/c1-8-9-5-4-6-11(13)10(9)7-12(8,2)3/h4-6,8H,7,13H2,1-3H3. The first-order valence-corrected chi connectivity index (χ1v) is 4.89. The number of rotatable bonds is 0. The van der Waals surface area contributed by atoms with Gasteiger partial charge in [0.1, 0.15) is 0 Å². The SMILES string of the molecule is CC1c2cccc(N)c2CC1(C)C. The summed E-state index contributed by atoms with van der Waals surface area (Å²) in [6, 6.07) is 6.28. The molecule has 1 heteroatoms. The lowest BCUT2D eigenvalue weighted by atomic mass is 9.81. The van der Waals surface area contributed by atoms with Crippen molar-refractivity contribution in [3.8, 4) is 0 Å². The highest BCUT2D eigenvalue weighted by molar-refractivity contribution is 5.55. The zero-order chi connectivity index (χ0) is 9.64. The van der Waals surface area contributed by atoms with Crippen LogP contribution in [0.25, 0.3) is 0 Å². The minimum atomic E-state index is 0.373. The highest BCUT2D eigenvalue weighted by atomic mass is 14.6. The van der Waals surface area contributed by atoms with Crippen molar-refractivity contribution in [3.05, 3.63) is 29.3 Å². The average Bonchev–Trinajstić information content (AvgIpc) is 2.28. The summed E-state index contributed by atoms with van der Waals surface area (Å²) in [5, 5.41) is 0. The third-order valence-electron chi connectivity index (χ3n) is 3.52. The van der Waals surface area contributed by atoms with E-state index in [2.05, 4.69) is 32.9 Å². The van der Waals surface area contributed by atoms with Crippen LogP contribution in [0.4, 0.5) is 5.69 Å². The summed E-state index contributed by atoms with van der Waals surface area (Å²) < 4.78 is 0. The predicted octanol–water partition coefficient (Wildman–Crippen LogP) is 2.95. The molecule has 0 fully saturated rings. The molecule has 1 aromatic carbocycles. The van der Waals surface area contributed by atoms with Crippen molar-refractivity contribution in [1.82, 2.24) is 0 Å². The second kappa shape index (κ2) is 2.50.